The van der Waals surface area contributed by atoms with E-state index in [4.69, 9.17) is 11.6 Å². The van der Waals surface area contributed by atoms with Crippen LogP contribution < -0.4 is 10.6 Å². The molecule has 3 aromatic rings. The molecule has 0 fully saturated rings. The van der Waals surface area contributed by atoms with E-state index >= 15 is 0 Å². The quantitative estimate of drug-likeness (QED) is 0.352. The molecule has 0 spiro atoms. The van der Waals surface area contributed by atoms with E-state index in [1.807, 2.05) is 24.3 Å². The average Bonchev–Trinajstić information content (AvgIpc) is 2.75. The second-order valence-corrected chi connectivity index (χ2v) is 8.33. The van der Waals surface area contributed by atoms with E-state index in [1.54, 1.807) is 48.5 Å². The van der Waals surface area contributed by atoms with E-state index in [0.29, 0.717) is 22.0 Å². The number of hydrogen-bond acceptors (Lipinski definition) is 4. The highest BCUT2D eigenvalue weighted by Gasteiger charge is 2.07. The molecule has 3 rings (SSSR count). The second kappa shape index (κ2) is 10.8. The molecule has 5 nitrogen and oxygen atoms in total. The zero-order chi connectivity index (χ0) is 22.2. The van der Waals surface area contributed by atoms with Crippen LogP contribution in [0.15, 0.2) is 77.7 Å². The van der Waals surface area contributed by atoms with Gasteiger partial charge in [-0.1, -0.05) is 23.7 Å². The number of thioether (sulfide) groups is 1. The monoisotopic (exact) mass is 452 g/mol. The predicted molar refractivity (Wildman–Crippen MR) is 126 cm³/mol. The zero-order valence-electron chi connectivity index (χ0n) is 16.9. The summed E-state index contributed by atoms with van der Waals surface area (Å²) >= 11 is 7.25. The number of rotatable bonds is 8. The van der Waals surface area contributed by atoms with Crippen molar-refractivity contribution in [2.24, 2.45) is 0 Å². The lowest BCUT2D eigenvalue weighted by Gasteiger charge is -2.08. The number of ketones is 1. The molecule has 0 aromatic heterocycles. The Morgan fingerprint density at radius 3 is 1.90 bits per heavy atom. The van der Waals surface area contributed by atoms with Gasteiger partial charge in [-0.2, -0.15) is 0 Å². The molecule has 0 aliphatic carbocycles. The van der Waals surface area contributed by atoms with Crippen LogP contribution in [0, 0.1) is 0 Å². The molecule has 0 saturated carbocycles. The summed E-state index contributed by atoms with van der Waals surface area (Å²) in [5.41, 5.74) is 2.83. The standard InChI is InChI=1S/C24H21ClN2O3S/c1-16(28)18-4-8-20(9-5-18)27-24(30)15-31-22-12-10-21(11-13-22)26-23(29)14-17-2-6-19(25)7-3-17/h2-13H,14-15H2,1H3,(H,26,29)(H,27,30). The number of amides is 2. The third kappa shape index (κ3) is 7.27. The van der Waals surface area contributed by atoms with E-state index in [2.05, 4.69) is 10.6 Å². The van der Waals surface area contributed by atoms with Gasteiger partial charge in [0.2, 0.25) is 11.8 Å². The molecule has 0 aliphatic heterocycles. The summed E-state index contributed by atoms with van der Waals surface area (Å²) in [7, 11) is 0. The summed E-state index contributed by atoms with van der Waals surface area (Å²) in [5, 5.41) is 6.30. The molecular weight excluding hydrogens is 432 g/mol. The third-order valence-electron chi connectivity index (χ3n) is 4.36. The van der Waals surface area contributed by atoms with Gasteiger partial charge in [-0.15, -0.1) is 11.8 Å². The fraction of sp³-hybridized carbons (Fsp3) is 0.125. The first-order chi connectivity index (χ1) is 14.9. The van der Waals surface area contributed by atoms with Crippen molar-refractivity contribution >= 4 is 52.3 Å². The van der Waals surface area contributed by atoms with Gasteiger partial charge in [-0.05, 0) is 73.2 Å². The van der Waals surface area contributed by atoms with Crippen LogP contribution >= 0.6 is 23.4 Å². The smallest absolute Gasteiger partial charge is 0.234 e. The number of carbonyl (C=O) groups is 3. The van der Waals surface area contributed by atoms with Gasteiger partial charge in [0.25, 0.3) is 0 Å². The number of anilines is 2. The predicted octanol–water partition coefficient (Wildman–Crippen LogP) is 5.45. The molecule has 0 unspecified atom stereocenters. The number of benzene rings is 3. The minimum absolute atomic E-state index is 0.0157. The molecule has 0 heterocycles. The molecule has 2 amide bonds. The fourth-order valence-corrected chi connectivity index (χ4v) is 3.59. The van der Waals surface area contributed by atoms with E-state index in [-0.39, 0.29) is 29.8 Å². The van der Waals surface area contributed by atoms with Crippen molar-refractivity contribution in [2.45, 2.75) is 18.2 Å². The van der Waals surface area contributed by atoms with Crippen molar-refractivity contribution < 1.29 is 14.4 Å². The minimum atomic E-state index is -0.138. The Hall–Kier alpha value is -3.09. The van der Waals surface area contributed by atoms with Crippen LogP contribution in [0.25, 0.3) is 0 Å². The summed E-state index contributed by atoms with van der Waals surface area (Å²) in [6, 6.07) is 21.3. The molecule has 158 valence electrons. The molecule has 2 N–H and O–H groups in total. The van der Waals surface area contributed by atoms with Crippen LogP contribution in [-0.2, 0) is 16.0 Å². The SMILES string of the molecule is CC(=O)c1ccc(NC(=O)CSc2ccc(NC(=O)Cc3ccc(Cl)cc3)cc2)cc1. The molecule has 0 atom stereocenters. The van der Waals surface area contributed by atoms with Gasteiger partial charge in [0.05, 0.1) is 12.2 Å². The molecule has 0 bridgehead atoms. The molecule has 0 radical (unpaired) electrons. The Morgan fingerprint density at radius 1 is 0.774 bits per heavy atom. The van der Waals surface area contributed by atoms with Crippen molar-refractivity contribution in [2.75, 3.05) is 16.4 Å². The largest absolute Gasteiger partial charge is 0.326 e. The van der Waals surface area contributed by atoms with Crippen LogP contribution in [0.3, 0.4) is 0 Å². The first-order valence-electron chi connectivity index (χ1n) is 9.57. The van der Waals surface area contributed by atoms with Crippen molar-refractivity contribution in [1.82, 2.24) is 0 Å². The number of carbonyl (C=O) groups excluding carboxylic acids is 3. The summed E-state index contributed by atoms with van der Waals surface area (Å²) in [6.07, 6.45) is 0.265. The van der Waals surface area contributed by atoms with Gasteiger partial charge >= 0.3 is 0 Å². The number of halogens is 1. The Bertz CT molecular complexity index is 1070. The van der Waals surface area contributed by atoms with Gasteiger partial charge in [0, 0.05) is 26.9 Å². The first-order valence-corrected chi connectivity index (χ1v) is 10.9. The van der Waals surface area contributed by atoms with Gasteiger partial charge in [0.1, 0.15) is 0 Å². The third-order valence-corrected chi connectivity index (χ3v) is 5.63. The normalized spacial score (nSPS) is 10.4. The number of hydrogen-bond donors (Lipinski definition) is 2. The maximum absolute atomic E-state index is 12.2. The Balaban J connectivity index is 1.45. The van der Waals surface area contributed by atoms with Crippen molar-refractivity contribution in [1.29, 1.82) is 0 Å². The second-order valence-electron chi connectivity index (χ2n) is 6.85. The molecule has 7 heteroatoms. The lowest BCUT2D eigenvalue weighted by molar-refractivity contribution is -0.115. The van der Waals surface area contributed by atoms with Crippen LogP contribution in [0.2, 0.25) is 5.02 Å². The zero-order valence-corrected chi connectivity index (χ0v) is 18.4. The Labute approximate surface area is 190 Å². The van der Waals surface area contributed by atoms with Gasteiger partial charge < -0.3 is 10.6 Å². The topological polar surface area (TPSA) is 75.3 Å². The number of nitrogens with one attached hydrogen (secondary N) is 2. The van der Waals surface area contributed by atoms with Crippen molar-refractivity contribution in [3.63, 3.8) is 0 Å². The maximum Gasteiger partial charge on any atom is 0.234 e. The van der Waals surface area contributed by atoms with Gasteiger partial charge in [-0.25, -0.2) is 0 Å². The summed E-state index contributed by atoms with van der Waals surface area (Å²) < 4.78 is 0. The lowest BCUT2D eigenvalue weighted by Crippen LogP contribution is -2.14. The highest BCUT2D eigenvalue weighted by molar-refractivity contribution is 8.00. The van der Waals surface area contributed by atoms with Crippen LogP contribution in [0.1, 0.15) is 22.8 Å². The van der Waals surface area contributed by atoms with Gasteiger partial charge in [0.15, 0.2) is 5.78 Å². The summed E-state index contributed by atoms with van der Waals surface area (Å²) in [4.78, 5) is 36.5. The van der Waals surface area contributed by atoms with Crippen LogP contribution in [-0.4, -0.2) is 23.4 Å². The lowest BCUT2D eigenvalue weighted by atomic mass is 10.1. The molecule has 0 saturated heterocycles. The summed E-state index contributed by atoms with van der Waals surface area (Å²) in [6.45, 7) is 1.50. The molecule has 0 aliphatic rings. The first kappa shape index (κ1) is 22.6. The average molecular weight is 453 g/mol. The Kier molecular flexibility index (Phi) is 7.87. The minimum Gasteiger partial charge on any atom is -0.326 e. The van der Waals surface area contributed by atoms with Gasteiger partial charge in [-0.3, -0.25) is 14.4 Å². The number of Topliss-reactive ketones (excluding diaryl/α,β-unsaturated/α-hetero) is 1. The van der Waals surface area contributed by atoms with Crippen molar-refractivity contribution in [3.8, 4) is 0 Å². The van der Waals surface area contributed by atoms with E-state index in [9.17, 15) is 14.4 Å². The molecular formula is C24H21ClN2O3S. The maximum atomic E-state index is 12.2. The molecule has 3 aromatic carbocycles. The van der Waals surface area contributed by atoms with E-state index in [1.165, 1.54) is 18.7 Å². The highest BCUT2D eigenvalue weighted by Crippen LogP contribution is 2.21. The van der Waals surface area contributed by atoms with E-state index < -0.39 is 0 Å². The fourth-order valence-electron chi connectivity index (χ4n) is 2.76. The molecule has 31 heavy (non-hydrogen) atoms. The van der Waals surface area contributed by atoms with Crippen LogP contribution in [0.4, 0.5) is 11.4 Å². The van der Waals surface area contributed by atoms with E-state index in [0.717, 1.165) is 10.5 Å². The highest BCUT2D eigenvalue weighted by atomic mass is 35.5. The Morgan fingerprint density at radius 2 is 1.32 bits per heavy atom. The summed E-state index contributed by atoms with van der Waals surface area (Å²) in [5.74, 6) is -0.0200. The van der Waals surface area contributed by atoms with Crippen LogP contribution in [0.5, 0.6) is 0 Å². The van der Waals surface area contributed by atoms with Crippen molar-refractivity contribution in [3.05, 3.63) is 88.9 Å².